The first-order chi connectivity index (χ1) is 8.42. The van der Waals surface area contributed by atoms with Crippen molar-refractivity contribution in [1.82, 2.24) is 0 Å². The minimum absolute atomic E-state index is 0.0110. The van der Waals surface area contributed by atoms with Crippen molar-refractivity contribution in [1.29, 1.82) is 0 Å². The van der Waals surface area contributed by atoms with Crippen LogP contribution in [0.2, 0.25) is 0 Å². The third-order valence-corrected chi connectivity index (χ3v) is 3.44. The van der Waals surface area contributed by atoms with Gasteiger partial charge in [-0.25, -0.2) is 0 Å². The summed E-state index contributed by atoms with van der Waals surface area (Å²) in [6.45, 7) is 2.30. The van der Waals surface area contributed by atoms with Gasteiger partial charge in [0.2, 0.25) is 5.91 Å². The van der Waals surface area contributed by atoms with Gasteiger partial charge in [-0.05, 0) is 31.9 Å². The van der Waals surface area contributed by atoms with E-state index >= 15 is 0 Å². The average Bonchev–Trinajstić information content (AvgIpc) is 2.33. The highest BCUT2D eigenvalue weighted by Gasteiger charge is 2.38. The van der Waals surface area contributed by atoms with Gasteiger partial charge in [0, 0.05) is 24.4 Å². The Labute approximate surface area is 109 Å². The van der Waals surface area contributed by atoms with Gasteiger partial charge < -0.3 is 4.90 Å². The zero-order chi connectivity index (χ0) is 13.3. The highest BCUT2D eigenvalue weighted by Crippen LogP contribution is 2.32. The molecule has 0 aromatic heterocycles. The SMILES string of the molecule is CC1(Cl)CCCN(c2ccc([N+](=O)[O-])cc2)C1=O. The summed E-state index contributed by atoms with van der Waals surface area (Å²) in [5.74, 6) is -0.149. The number of rotatable bonds is 2. The fraction of sp³-hybridized carbons (Fsp3) is 0.417. The van der Waals surface area contributed by atoms with Gasteiger partial charge in [0.05, 0.1) is 4.92 Å². The molecule has 1 saturated heterocycles. The number of piperidine rings is 1. The molecule has 0 radical (unpaired) electrons. The molecule has 0 spiro atoms. The van der Waals surface area contributed by atoms with Crippen LogP contribution in [0.1, 0.15) is 19.8 Å². The number of amides is 1. The molecule has 1 aliphatic heterocycles. The number of nitro groups is 1. The van der Waals surface area contributed by atoms with Crippen LogP contribution in [0, 0.1) is 10.1 Å². The predicted octanol–water partition coefficient (Wildman–Crippen LogP) is 2.72. The lowest BCUT2D eigenvalue weighted by Gasteiger charge is -2.35. The maximum absolute atomic E-state index is 12.1. The van der Waals surface area contributed by atoms with Gasteiger partial charge in [-0.15, -0.1) is 11.6 Å². The number of benzene rings is 1. The molecule has 0 bridgehead atoms. The van der Waals surface area contributed by atoms with Crippen LogP contribution in [0.3, 0.4) is 0 Å². The Morgan fingerprint density at radius 1 is 1.39 bits per heavy atom. The molecular formula is C12H13ClN2O3. The topological polar surface area (TPSA) is 63.4 Å². The number of alkyl halides is 1. The van der Waals surface area contributed by atoms with Gasteiger partial charge >= 0.3 is 0 Å². The number of carbonyl (C=O) groups is 1. The molecular weight excluding hydrogens is 256 g/mol. The van der Waals surface area contributed by atoms with Crippen LogP contribution in [-0.2, 0) is 4.79 Å². The number of hydrogen-bond acceptors (Lipinski definition) is 3. The molecule has 96 valence electrons. The van der Waals surface area contributed by atoms with Gasteiger partial charge in [0.25, 0.3) is 5.69 Å². The van der Waals surface area contributed by atoms with E-state index in [0.717, 1.165) is 6.42 Å². The average molecular weight is 269 g/mol. The smallest absolute Gasteiger partial charge is 0.269 e. The van der Waals surface area contributed by atoms with Gasteiger partial charge in [0.1, 0.15) is 4.87 Å². The highest BCUT2D eigenvalue weighted by molar-refractivity contribution is 6.36. The first kappa shape index (κ1) is 12.8. The first-order valence-corrected chi connectivity index (χ1v) is 6.05. The molecule has 18 heavy (non-hydrogen) atoms. The van der Waals surface area contributed by atoms with E-state index in [1.807, 2.05) is 0 Å². The van der Waals surface area contributed by atoms with E-state index in [9.17, 15) is 14.9 Å². The minimum atomic E-state index is -0.875. The Balaban J connectivity index is 2.26. The normalized spacial score (nSPS) is 24.1. The second-order valence-corrected chi connectivity index (χ2v) is 5.37. The van der Waals surface area contributed by atoms with Crippen LogP contribution in [0.15, 0.2) is 24.3 Å². The highest BCUT2D eigenvalue weighted by atomic mass is 35.5. The van der Waals surface area contributed by atoms with Crippen LogP contribution in [0.5, 0.6) is 0 Å². The van der Waals surface area contributed by atoms with E-state index in [4.69, 9.17) is 11.6 Å². The Bertz CT molecular complexity index is 485. The summed E-state index contributed by atoms with van der Waals surface area (Å²) < 4.78 is 0. The third kappa shape index (κ3) is 2.31. The van der Waals surface area contributed by atoms with Crippen LogP contribution < -0.4 is 4.90 Å². The predicted molar refractivity (Wildman–Crippen MR) is 68.9 cm³/mol. The standard InChI is InChI=1S/C12H13ClN2O3/c1-12(13)7-2-8-14(11(12)16)9-3-5-10(6-4-9)15(17)18/h3-6H,2,7-8H2,1H3. The molecule has 6 heteroatoms. The van der Waals surface area contributed by atoms with E-state index in [1.54, 1.807) is 24.0 Å². The summed E-state index contributed by atoms with van der Waals surface area (Å²) in [5, 5.41) is 10.6. The fourth-order valence-electron chi connectivity index (χ4n) is 2.06. The minimum Gasteiger partial charge on any atom is -0.311 e. The number of nitrogens with zero attached hydrogens (tertiary/aromatic N) is 2. The number of hydrogen-bond donors (Lipinski definition) is 0. The zero-order valence-electron chi connectivity index (χ0n) is 9.93. The Kier molecular flexibility index (Phi) is 3.26. The number of anilines is 1. The summed E-state index contributed by atoms with van der Waals surface area (Å²) in [6.07, 6.45) is 1.47. The molecule has 0 N–H and O–H groups in total. The van der Waals surface area contributed by atoms with Crippen molar-refractivity contribution in [2.24, 2.45) is 0 Å². The molecule has 1 unspecified atom stereocenters. The van der Waals surface area contributed by atoms with Gasteiger partial charge in [-0.1, -0.05) is 0 Å². The largest absolute Gasteiger partial charge is 0.311 e. The van der Waals surface area contributed by atoms with Crippen molar-refractivity contribution in [3.05, 3.63) is 34.4 Å². The van der Waals surface area contributed by atoms with E-state index < -0.39 is 9.80 Å². The number of carbonyl (C=O) groups excluding carboxylic acids is 1. The summed E-state index contributed by atoms with van der Waals surface area (Å²) in [6, 6.07) is 5.94. The lowest BCUT2D eigenvalue weighted by atomic mass is 9.97. The molecule has 1 aliphatic rings. The lowest BCUT2D eigenvalue weighted by molar-refractivity contribution is -0.384. The Hall–Kier alpha value is -1.62. The zero-order valence-corrected chi connectivity index (χ0v) is 10.7. The third-order valence-electron chi connectivity index (χ3n) is 3.09. The Morgan fingerprint density at radius 2 is 2.00 bits per heavy atom. The molecule has 1 aromatic carbocycles. The quantitative estimate of drug-likeness (QED) is 0.471. The van der Waals surface area contributed by atoms with E-state index in [0.29, 0.717) is 18.7 Å². The monoisotopic (exact) mass is 268 g/mol. The van der Waals surface area contributed by atoms with E-state index in [-0.39, 0.29) is 11.6 Å². The molecule has 0 aliphatic carbocycles. The molecule has 2 rings (SSSR count). The summed E-state index contributed by atoms with van der Waals surface area (Å²) >= 11 is 6.15. The van der Waals surface area contributed by atoms with E-state index in [2.05, 4.69) is 0 Å². The van der Waals surface area contributed by atoms with Crippen LogP contribution >= 0.6 is 11.6 Å². The van der Waals surface area contributed by atoms with Gasteiger partial charge in [0.15, 0.2) is 0 Å². The second-order valence-electron chi connectivity index (χ2n) is 4.53. The van der Waals surface area contributed by atoms with Crippen molar-refractivity contribution < 1.29 is 9.72 Å². The van der Waals surface area contributed by atoms with Crippen molar-refractivity contribution in [3.8, 4) is 0 Å². The molecule has 1 fully saturated rings. The molecule has 5 nitrogen and oxygen atoms in total. The molecule has 0 saturated carbocycles. The summed E-state index contributed by atoms with van der Waals surface area (Å²) in [4.78, 5) is 22.9. The molecule has 1 aromatic rings. The maximum Gasteiger partial charge on any atom is 0.269 e. The molecule has 1 amide bonds. The van der Waals surface area contributed by atoms with Gasteiger partial charge in [-0.2, -0.15) is 0 Å². The van der Waals surface area contributed by atoms with Crippen LogP contribution in [0.25, 0.3) is 0 Å². The van der Waals surface area contributed by atoms with Crippen LogP contribution in [-0.4, -0.2) is 22.2 Å². The fourth-order valence-corrected chi connectivity index (χ4v) is 2.30. The maximum atomic E-state index is 12.1. The number of halogens is 1. The summed E-state index contributed by atoms with van der Waals surface area (Å²) in [7, 11) is 0. The summed E-state index contributed by atoms with van der Waals surface area (Å²) in [5.41, 5.74) is 0.661. The molecule has 1 heterocycles. The van der Waals surface area contributed by atoms with E-state index in [1.165, 1.54) is 12.1 Å². The van der Waals surface area contributed by atoms with Crippen molar-refractivity contribution >= 4 is 28.9 Å². The number of nitro benzene ring substituents is 1. The molecule has 1 atom stereocenters. The number of non-ortho nitro benzene ring substituents is 1. The van der Waals surface area contributed by atoms with Crippen molar-refractivity contribution in [2.75, 3.05) is 11.4 Å². The van der Waals surface area contributed by atoms with Crippen molar-refractivity contribution in [3.63, 3.8) is 0 Å². The van der Waals surface area contributed by atoms with Crippen LogP contribution in [0.4, 0.5) is 11.4 Å². The lowest BCUT2D eigenvalue weighted by Crippen LogP contribution is -2.48. The first-order valence-electron chi connectivity index (χ1n) is 5.67. The van der Waals surface area contributed by atoms with Gasteiger partial charge in [-0.3, -0.25) is 14.9 Å². The van der Waals surface area contributed by atoms with Crippen molar-refractivity contribution in [2.45, 2.75) is 24.6 Å². The second kappa shape index (κ2) is 4.57. The Morgan fingerprint density at radius 3 is 2.56 bits per heavy atom.